The minimum Gasteiger partial charge on any atom is -0.348 e. The predicted molar refractivity (Wildman–Crippen MR) is 86.4 cm³/mol. The Hall–Kier alpha value is -1.82. The molecule has 0 radical (unpaired) electrons. The van der Waals surface area contributed by atoms with Crippen LogP contribution in [0.25, 0.3) is 0 Å². The molecule has 1 fully saturated rings. The molecule has 0 saturated carbocycles. The molecule has 1 aliphatic heterocycles. The Morgan fingerprint density at radius 2 is 2.17 bits per heavy atom. The average molecular weight is 337 g/mol. The zero-order chi connectivity index (χ0) is 17.0. The van der Waals surface area contributed by atoms with E-state index in [4.69, 9.17) is 0 Å². The topological polar surface area (TPSA) is 31.9 Å². The van der Waals surface area contributed by atoms with Crippen molar-refractivity contribution in [3.63, 3.8) is 0 Å². The highest BCUT2D eigenvalue weighted by Gasteiger charge is 2.30. The van der Waals surface area contributed by atoms with Crippen LogP contribution in [-0.4, -0.2) is 28.0 Å². The smallest absolute Gasteiger partial charge is 0.348 e. The summed E-state index contributed by atoms with van der Waals surface area (Å²) in [6.07, 6.45) is 3.22. The van der Waals surface area contributed by atoms with Gasteiger partial charge in [-0.3, -0.25) is 4.90 Å². The number of aromatic nitrogens is 2. The Morgan fingerprint density at radius 1 is 1.29 bits per heavy atom. The molecule has 1 atom stereocenters. The molecule has 130 valence electrons. The number of piperidine rings is 1. The number of hydrogen-bond donors (Lipinski definition) is 1. The van der Waals surface area contributed by atoms with Crippen LogP contribution < -0.4 is 0 Å². The molecule has 0 bridgehead atoms. The normalized spacial score (nSPS) is 19.5. The highest BCUT2D eigenvalue weighted by molar-refractivity contribution is 5.25. The molecule has 2 heterocycles. The van der Waals surface area contributed by atoms with Crippen LogP contribution >= 0.6 is 0 Å². The van der Waals surface area contributed by atoms with Gasteiger partial charge in [0.2, 0.25) is 0 Å². The van der Waals surface area contributed by atoms with E-state index in [-0.39, 0.29) is 0 Å². The first-order chi connectivity index (χ1) is 11.5. The molecule has 0 amide bonds. The van der Waals surface area contributed by atoms with Gasteiger partial charge in [0, 0.05) is 18.9 Å². The van der Waals surface area contributed by atoms with Crippen molar-refractivity contribution in [2.75, 3.05) is 13.1 Å². The molecular formula is C18H22F3N3. The van der Waals surface area contributed by atoms with Crippen LogP contribution in [0.2, 0.25) is 0 Å². The van der Waals surface area contributed by atoms with Crippen LogP contribution in [0.5, 0.6) is 0 Å². The van der Waals surface area contributed by atoms with Crippen molar-refractivity contribution < 1.29 is 13.2 Å². The van der Waals surface area contributed by atoms with Crippen molar-refractivity contribution >= 4 is 0 Å². The van der Waals surface area contributed by atoms with Crippen LogP contribution in [0, 0.1) is 5.92 Å². The number of aryl methyl sites for hydroxylation is 1. The number of aromatic amines is 1. The zero-order valence-electron chi connectivity index (χ0n) is 13.5. The number of H-pyrrole nitrogens is 1. The molecule has 0 unspecified atom stereocenters. The Labute approximate surface area is 139 Å². The van der Waals surface area contributed by atoms with Gasteiger partial charge >= 0.3 is 6.18 Å². The number of nitrogens with zero attached hydrogens (tertiary/aromatic N) is 2. The lowest BCUT2D eigenvalue weighted by Crippen LogP contribution is -2.35. The second-order valence-corrected chi connectivity index (χ2v) is 6.52. The summed E-state index contributed by atoms with van der Waals surface area (Å²) < 4.78 is 38.3. The van der Waals surface area contributed by atoms with E-state index in [1.807, 2.05) is 6.20 Å². The van der Waals surface area contributed by atoms with E-state index in [2.05, 4.69) is 14.9 Å². The molecule has 1 N–H and O–H groups in total. The molecule has 0 spiro atoms. The van der Waals surface area contributed by atoms with Crippen molar-refractivity contribution in [1.82, 2.24) is 14.9 Å². The second kappa shape index (κ2) is 7.38. The Bertz CT molecular complexity index is 637. The molecule has 0 aliphatic carbocycles. The standard InChI is InChI=1S/C18H22F3N3/c19-18(20,21)16-5-1-3-14(11-16)6-7-15-4-2-10-24(12-15)13-17-22-8-9-23-17/h1,3,5,8-9,11,15H,2,4,6-7,10,12-13H2,(H,22,23)/t15-/m0/s1. The maximum atomic E-state index is 12.8. The van der Waals surface area contributed by atoms with Crippen molar-refractivity contribution in [1.29, 1.82) is 0 Å². The van der Waals surface area contributed by atoms with E-state index in [1.165, 1.54) is 12.1 Å². The minimum atomic E-state index is -4.26. The lowest BCUT2D eigenvalue weighted by atomic mass is 9.91. The monoisotopic (exact) mass is 337 g/mol. The highest BCUT2D eigenvalue weighted by atomic mass is 19.4. The largest absolute Gasteiger partial charge is 0.416 e. The number of hydrogen-bond acceptors (Lipinski definition) is 2. The predicted octanol–water partition coefficient (Wildman–Crippen LogP) is 4.27. The summed E-state index contributed by atoms with van der Waals surface area (Å²) in [6, 6.07) is 5.71. The van der Waals surface area contributed by atoms with Gasteiger partial charge in [-0.1, -0.05) is 18.2 Å². The number of likely N-dealkylation sites (tertiary alicyclic amines) is 1. The van der Waals surface area contributed by atoms with E-state index in [0.29, 0.717) is 12.3 Å². The van der Waals surface area contributed by atoms with Gasteiger partial charge in [0.25, 0.3) is 0 Å². The van der Waals surface area contributed by atoms with E-state index >= 15 is 0 Å². The summed E-state index contributed by atoms with van der Waals surface area (Å²) in [4.78, 5) is 9.75. The van der Waals surface area contributed by atoms with E-state index in [9.17, 15) is 13.2 Å². The van der Waals surface area contributed by atoms with Crippen LogP contribution in [0.15, 0.2) is 36.7 Å². The van der Waals surface area contributed by atoms with Crippen LogP contribution in [0.1, 0.15) is 36.2 Å². The Balaban J connectivity index is 1.53. The fraction of sp³-hybridized carbons (Fsp3) is 0.500. The van der Waals surface area contributed by atoms with Gasteiger partial charge in [-0.25, -0.2) is 4.98 Å². The summed E-state index contributed by atoms with van der Waals surface area (Å²) in [7, 11) is 0. The number of imidazole rings is 1. The molecule has 24 heavy (non-hydrogen) atoms. The molecule has 1 aliphatic rings. The quantitative estimate of drug-likeness (QED) is 0.883. The van der Waals surface area contributed by atoms with Crippen LogP contribution in [-0.2, 0) is 19.1 Å². The zero-order valence-corrected chi connectivity index (χ0v) is 13.5. The first kappa shape index (κ1) is 17.0. The number of nitrogens with one attached hydrogen (secondary N) is 1. The lowest BCUT2D eigenvalue weighted by molar-refractivity contribution is -0.137. The SMILES string of the molecule is FC(F)(F)c1cccc(CC[C@@H]2CCCN(Cc3ncc[nH]3)C2)c1. The Morgan fingerprint density at radius 3 is 2.92 bits per heavy atom. The van der Waals surface area contributed by atoms with Gasteiger partial charge in [-0.05, 0) is 49.8 Å². The highest BCUT2D eigenvalue weighted by Crippen LogP contribution is 2.30. The van der Waals surface area contributed by atoms with Gasteiger partial charge in [0.15, 0.2) is 0 Å². The maximum absolute atomic E-state index is 12.8. The van der Waals surface area contributed by atoms with Crippen LogP contribution in [0.3, 0.4) is 0 Å². The average Bonchev–Trinajstić information content (AvgIpc) is 3.06. The molecule has 3 rings (SSSR count). The third kappa shape index (κ3) is 4.60. The summed E-state index contributed by atoms with van der Waals surface area (Å²) in [5.74, 6) is 1.50. The molecule has 6 heteroatoms. The van der Waals surface area contributed by atoms with E-state index in [0.717, 1.165) is 56.4 Å². The van der Waals surface area contributed by atoms with Crippen molar-refractivity contribution in [3.8, 4) is 0 Å². The van der Waals surface area contributed by atoms with Gasteiger partial charge in [0.05, 0.1) is 12.1 Å². The van der Waals surface area contributed by atoms with Gasteiger partial charge in [-0.15, -0.1) is 0 Å². The third-order valence-electron chi connectivity index (χ3n) is 4.63. The second-order valence-electron chi connectivity index (χ2n) is 6.52. The number of halogens is 3. The minimum absolute atomic E-state index is 0.531. The van der Waals surface area contributed by atoms with Crippen molar-refractivity contribution in [2.45, 2.75) is 38.4 Å². The number of rotatable bonds is 5. The fourth-order valence-electron chi connectivity index (χ4n) is 3.40. The summed E-state index contributed by atoms with van der Waals surface area (Å²) >= 11 is 0. The van der Waals surface area contributed by atoms with Crippen LogP contribution in [0.4, 0.5) is 13.2 Å². The third-order valence-corrected chi connectivity index (χ3v) is 4.63. The molecular weight excluding hydrogens is 315 g/mol. The molecule has 1 saturated heterocycles. The van der Waals surface area contributed by atoms with Crippen molar-refractivity contribution in [3.05, 3.63) is 53.6 Å². The first-order valence-corrected chi connectivity index (χ1v) is 8.37. The molecule has 3 nitrogen and oxygen atoms in total. The Kier molecular flexibility index (Phi) is 5.23. The molecule has 1 aromatic heterocycles. The lowest BCUT2D eigenvalue weighted by Gasteiger charge is -2.32. The number of alkyl halides is 3. The fourth-order valence-corrected chi connectivity index (χ4v) is 3.40. The van der Waals surface area contributed by atoms with E-state index < -0.39 is 11.7 Å². The summed E-state index contributed by atoms with van der Waals surface area (Å²) in [6.45, 7) is 2.85. The summed E-state index contributed by atoms with van der Waals surface area (Å²) in [5.41, 5.74) is 0.219. The first-order valence-electron chi connectivity index (χ1n) is 8.37. The molecule has 1 aromatic carbocycles. The van der Waals surface area contributed by atoms with Gasteiger partial charge < -0.3 is 4.98 Å². The molecule has 2 aromatic rings. The van der Waals surface area contributed by atoms with Gasteiger partial charge in [-0.2, -0.15) is 13.2 Å². The number of benzene rings is 1. The van der Waals surface area contributed by atoms with Crippen molar-refractivity contribution in [2.24, 2.45) is 5.92 Å². The summed E-state index contributed by atoms with van der Waals surface area (Å²) in [5, 5.41) is 0. The van der Waals surface area contributed by atoms with Gasteiger partial charge in [0.1, 0.15) is 5.82 Å². The van der Waals surface area contributed by atoms with E-state index in [1.54, 1.807) is 12.3 Å². The maximum Gasteiger partial charge on any atom is 0.416 e.